The van der Waals surface area contributed by atoms with E-state index in [-0.39, 0.29) is 11.9 Å². The van der Waals surface area contributed by atoms with Crippen LogP contribution in [0.25, 0.3) is 0 Å². The molecule has 0 aliphatic carbocycles. The monoisotopic (exact) mass is 361 g/mol. The second-order valence-electron chi connectivity index (χ2n) is 5.74. The largest absolute Gasteiger partial charge is 0.427 e. The lowest BCUT2D eigenvalue weighted by atomic mass is 10.1. The van der Waals surface area contributed by atoms with Crippen LogP contribution in [0.15, 0.2) is 24.3 Å². The van der Waals surface area contributed by atoms with E-state index in [1.807, 2.05) is 6.92 Å². The minimum atomic E-state index is -0.273. The van der Waals surface area contributed by atoms with Crippen LogP contribution in [0.2, 0.25) is 0 Å². The average Bonchev–Trinajstić information content (AvgIpc) is 3.00. The summed E-state index contributed by atoms with van der Waals surface area (Å²) in [7, 11) is 0. The summed E-state index contributed by atoms with van der Waals surface area (Å²) in [6, 6.07) is 6.48. The summed E-state index contributed by atoms with van der Waals surface area (Å²) in [5.41, 5.74) is 0.465. The molecule has 0 bridgehead atoms. The van der Waals surface area contributed by atoms with Crippen molar-refractivity contribution in [2.24, 2.45) is 0 Å². The molecule has 0 saturated heterocycles. The molecule has 1 heterocycles. The van der Waals surface area contributed by atoms with Crippen molar-refractivity contribution in [2.75, 3.05) is 5.32 Å². The van der Waals surface area contributed by atoms with Gasteiger partial charge >= 0.3 is 5.97 Å². The third-order valence-electron chi connectivity index (χ3n) is 3.58. The van der Waals surface area contributed by atoms with E-state index in [4.69, 9.17) is 4.74 Å². The molecule has 0 atom stereocenters. The van der Waals surface area contributed by atoms with Gasteiger partial charge in [0.05, 0.1) is 0 Å². The van der Waals surface area contributed by atoms with Gasteiger partial charge in [-0.2, -0.15) is 0 Å². The van der Waals surface area contributed by atoms with Crippen LogP contribution >= 0.6 is 11.3 Å². The summed E-state index contributed by atoms with van der Waals surface area (Å²) in [6.45, 7) is 3.98. The van der Waals surface area contributed by atoms with Gasteiger partial charge in [0.1, 0.15) is 10.8 Å². The maximum absolute atomic E-state index is 12.1. The Morgan fingerprint density at radius 3 is 2.44 bits per heavy atom. The molecule has 1 amide bonds. The summed E-state index contributed by atoms with van der Waals surface area (Å²) in [4.78, 5) is 23.9. The van der Waals surface area contributed by atoms with Crippen molar-refractivity contribution in [3.05, 3.63) is 34.8 Å². The molecule has 25 heavy (non-hydrogen) atoms. The lowest BCUT2D eigenvalue weighted by molar-refractivity contribution is -0.134. The van der Waals surface area contributed by atoms with E-state index >= 15 is 0 Å². The molecule has 6 nitrogen and oxygen atoms in total. The fraction of sp³-hybridized carbons (Fsp3) is 0.444. The van der Waals surface area contributed by atoms with Gasteiger partial charge in [-0.1, -0.05) is 43.9 Å². The summed E-state index contributed by atoms with van der Waals surface area (Å²) in [6.07, 6.45) is 5.86. The topological polar surface area (TPSA) is 81.2 Å². The number of esters is 1. The number of amides is 1. The van der Waals surface area contributed by atoms with Crippen molar-refractivity contribution in [3.8, 4) is 5.75 Å². The number of nitrogens with one attached hydrogen (secondary N) is 1. The molecule has 2 aromatic rings. The SMILES string of the molecule is CCCCCCCC(=O)Oc1ccc(C(=O)Nc2nnc(C)s2)cc1. The first kappa shape index (κ1) is 19.1. The fourth-order valence-electron chi connectivity index (χ4n) is 2.25. The zero-order valence-electron chi connectivity index (χ0n) is 14.6. The summed E-state index contributed by atoms with van der Waals surface area (Å²) >= 11 is 1.31. The smallest absolute Gasteiger partial charge is 0.311 e. The van der Waals surface area contributed by atoms with Crippen LogP contribution in [-0.2, 0) is 4.79 Å². The van der Waals surface area contributed by atoms with Gasteiger partial charge in [0.2, 0.25) is 5.13 Å². The normalized spacial score (nSPS) is 10.5. The highest BCUT2D eigenvalue weighted by Gasteiger charge is 2.10. The summed E-state index contributed by atoms with van der Waals surface area (Å²) in [5, 5.41) is 11.6. The first-order valence-corrected chi connectivity index (χ1v) is 9.32. The Balaban J connectivity index is 1.78. The lowest BCUT2D eigenvalue weighted by Gasteiger charge is -2.06. The van der Waals surface area contributed by atoms with Crippen LogP contribution in [0, 0.1) is 6.92 Å². The number of hydrogen-bond donors (Lipinski definition) is 1. The number of carbonyl (C=O) groups excluding carboxylic acids is 2. The third-order valence-corrected chi connectivity index (χ3v) is 4.33. The predicted molar refractivity (Wildman–Crippen MR) is 98.1 cm³/mol. The molecule has 1 aromatic heterocycles. The van der Waals surface area contributed by atoms with E-state index in [1.165, 1.54) is 24.2 Å². The highest BCUT2D eigenvalue weighted by Crippen LogP contribution is 2.17. The van der Waals surface area contributed by atoms with Crippen LogP contribution < -0.4 is 10.1 Å². The van der Waals surface area contributed by atoms with Crippen molar-refractivity contribution < 1.29 is 14.3 Å². The standard InChI is InChI=1S/C18H23N3O3S/c1-3-4-5-6-7-8-16(22)24-15-11-9-14(10-12-15)17(23)19-18-21-20-13(2)25-18/h9-12H,3-8H2,1-2H3,(H,19,21,23). The Bertz CT molecular complexity index is 698. The van der Waals surface area contributed by atoms with Gasteiger partial charge in [0.25, 0.3) is 5.91 Å². The highest BCUT2D eigenvalue weighted by molar-refractivity contribution is 7.15. The number of unbranched alkanes of at least 4 members (excludes halogenated alkanes) is 4. The van der Waals surface area contributed by atoms with E-state index in [2.05, 4.69) is 22.4 Å². The van der Waals surface area contributed by atoms with Crippen LogP contribution in [-0.4, -0.2) is 22.1 Å². The number of carbonyl (C=O) groups is 2. The molecule has 0 radical (unpaired) electrons. The molecular formula is C18H23N3O3S. The molecule has 7 heteroatoms. The highest BCUT2D eigenvalue weighted by atomic mass is 32.1. The fourth-order valence-corrected chi connectivity index (χ4v) is 2.83. The molecule has 0 fully saturated rings. The maximum atomic E-state index is 12.1. The van der Waals surface area contributed by atoms with E-state index in [1.54, 1.807) is 24.3 Å². The Hall–Kier alpha value is -2.28. The van der Waals surface area contributed by atoms with Crippen LogP contribution in [0.1, 0.15) is 60.8 Å². The number of benzene rings is 1. The van der Waals surface area contributed by atoms with Gasteiger partial charge in [0, 0.05) is 12.0 Å². The summed E-state index contributed by atoms with van der Waals surface area (Å²) in [5.74, 6) is -0.0650. The quantitative estimate of drug-likeness (QED) is 0.407. The molecule has 0 spiro atoms. The second kappa shape index (κ2) is 9.88. The van der Waals surface area contributed by atoms with E-state index in [9.17, 15) is 9.59 Å². The molecule has 0 saturated carbocycles. The van der Waals surface area contributed by atoms with Crippen LogP contribution in [0.5, 0.6) is 5.75 Å². The van der Waals surface area contributed by atoms with Crippen molar-refractivity contribution in [3.63, 3.8) is 0 Å². The van der Waals surface area contributed by atoms with Crippen molar-refractivity contribution in [2.45, 2.75) is 52.4 Å². The number of hydrogen-bond acceptors (Lipinski definition) is 6. The molecule has 0 aliphatic rings. The van der Waals surface area contributed by atoms with Crippen LogP contribution in [0.4, 0.5) is 5.13 Å². The third kappa shape index (κ3) is 6.62. The Labute approximate surface area is 151 Å². The zero-order chi connectivity index (χ0) is 18.1. The van der Waals surface area contributed by atoms with E-state index in [0.29, 0.717) is 22.9 Å². The average molecular weight is 361 g/mol. The molecule has 134 valence electrons. The zero-order valence-corrected chi connectivity index (χ0v) is 15.4. The van der Waals surface area contributed by atoms with Crippen molar-refractivity contribution in [1.29, 1.82) is 0 Å². The number of aromatic nitrogens is 2. The molecule has 2 rings (SSSR count). The minimum Gasteiger partial charge on any atom is -0.427 e. The summed E-state index contributed by atoms with van der Waals surface area (Å²) < 4.78 is 5.29. The number of ether oxygens (including phenoxy) is 1. The first-order chi connectivity index (χ1) is 12.1. The van der Waals surface area contributed by atoms with Crippen molar-refractivity contribution in [1.82, 2.24) is 10.2 Å². The van der Waals surface area contributed by atoms with Crippen LogP contribution in [0.3, 0.4) is 0 Å². The van der Waals surface area contributed by atoms with E-state index < -0.39 is 0 Å². The number of anilines is 1. The number of rotatable bonds is 9. The Morgan fingerprint density at radius 1 is 1.08 bits per heavy atom. The van der Waals surface area contributed by atoms with Gasteiger partial charge in [0.15, 0.2) is 0 Å². The van der Waals surface area contributed by atoms with E-state index in [0.717, 1.165) is 24.3 Å². The predicted octanol–water partition coefficient (Wildman–Crippen LogP) is 4.36. The molecule has 0 aliphatic heterocycles. The lowest BCUT2D eigenvalue weighted by Crippen LogP contribution is -2.12. The van der Waals surface area contributed by atoms with Gasteiger partial charge in [-0.05, 0) is 37.6 Å². The maximum Gasteiger partial charge on any atom is 0.311 e. The first-order valence-electron chi connectivity index (χ1n) is 8.50. The molecule has 1 aromatic carbocycles. The Kier molecular flexibility index (Phi) is 7.53. The van der Waals surface area contributed by atoms with Crippen molar-refractivity contribution >= 4 is 28.3 Å². The van der Waals surface area contributed by atoms with Gasteiger partial charge in [-0.15, -0.1) is 10.2 Å². The second-order valence-corrected chi connectivity index (χ2v) is 6.92. The van der Waals surface area contributed by atoms with Gasteiger partial charge in [-0.3, -0.25) is 14.9 Å². The number of nitrogens with zero attached hydrogens (tertiary/aromatic N) is 2. The van der Waals surface area contributed by atoms with Gasteiger partial charge in [-0.25, -0.2) is 0 Å². The molecule has 1 N–H and O–H groups in total. The van der Waals surface area contributed by atoms with Gasteiger partial charge < -0.3 is 4.74 Å². The Morgan fingerprint density at radius 2 is 1.80 bits per heavy atom. The molecular weight excluding hydrogens is 338 g/mol. The minimum absolute atomic E-state index is 0.238. The molecule has 0 unspecified atom stereocenters. The number of aryl methyl sites for hydroxylation is 1.